The lowest BCUT2D eigenvalue weighted by molar-refractivity contribution is 0.501. The van der Waals surface area contributed by atoms with E-state index in [1.165, 1.54) is 86.5 Å². The minimum absolute atomic E-state index is 0.0850. The highest BCUT2D eigenvalue weighted by Gasteiger charge is 2.36. The summed E-state index contributed by atoms with van der Waals surface area (Å²) < 4.78 is 11.5. The molecule has 266 valence electrons. The number of fused-ring (bicyclic) bond motifs is 10. The van der Waals surface area contributed by atoms with Gasteiger partial charge in [-0.1, -0.05) is 127 Å². The van der Waals surface area contributed by atoms with Gasteiger partial charge in [0.05, 0.1) is 27.5 Å². The van der Waals surface area contributed by atoms with Gasteiger partial charge in [-0.05, 0) is 84.1 Å². The Balaban J connectivity index is 1.07. The molecule has 0 bridgehead atoms. The molecule has 56 heavy (non-hydrogen) atoms. The summed E-state index contributed by atoms with van der Waals surface area (Å²) in [6, 6.07) is 57.6. The van der Waals surface area contributed by atoms with Gasteiger partial charge in [0.15, 0.2) is 0 Å². The quantitative estimate of drug-likeness (QED) is 0.175. The fourth-order valence-corrected chi connectivity index (χ4v) is 11.0. The Morgan fingerprint density at radius 1 is 0.625 bits per heavy atom. The second-order valence-corrected chi connectivity index (χ2v) is 16.1. The molecule has 2 atom stereocenters. The molecule has 3 nitrogen and oxygen atoms in total. The summed E-state index contributed by atoms with van der Waals surface area (Å²) in [4.78, 5) is 2.66. The Kier molecular flexibility index (Phi) is 7.05. The molecule has 0 spiro atoms. The molecule has 7 aromatic carbocycles. The maximum atomic E-state index is 6.39. The molecular weight excluding hydrogens is 701 g/mol. The van der Waals surface area contributed by atoms with Gasteiger partial charge >= 0.3 is 0 Å². The van der Waals surface area contributed by atoms with Crippen molar-refractivity contribution in [3.63, 3.8) is 0 Å². The van der Waals surface area contributed by atoms with Gasteiger partial charge in [0, 0.05) is 54.3 Å². The van der Waals surface area contributed by atoms with E-state index in [1.807, 2.05) is 11.3 Å². The molecule has 0 fully saturated rings. The first-order chi connectivity index (χ1) is 27.8. The third-order valence-electron chi connectivity index (χ3n) is 12.1. The summed E-state index contributed by atoms with van der Waals surface area (Å²) in [5.74, 6) is 0.272. The zero-order chi connectivity index (χ0) is 36.7. The summed E-state index contributed by atoms with van der Waals surface area (Å²) in [7, 11) is 0. The van der Waals surface area contributed by atoms with Crippen LogP contribution in [0.25, 0.3) is 75.2 Å². The highest BCUT2D eigenvalue weighted by molar-refractivity contribution is 7.26. The van der Waals surface area contributed by atoms with Crippen molar-refractivity contribution in [2.45, 2.75) is 18.9 Å². The second kappa shape index (κ2) is 12.5. The normalized spacial score (nSPS) is 16.9. The average molecular weight is 737 g/mol. The fourth-order valence-electron chi connectivity index (χ4n) is 9.74. The van der Waals surface area contributed by atoms with Crippen molar-refractivity contribution < 1.29 is 4.42 Å². The van der Waals surface area contributed by atoms with E-state index >= 15 is 0 Å². The van der Waals surface area contributed by atoms with E-state index in [0.717, 1.165) is 24.0 Å². The lowest BCUT2D eigenvalue weighted by atomic mass is 9.73. The summed E-state index contributed by atoms with van der Waals surface area (Å²) in [6.07, 6.45) is 11.7. The maximum Gasteiger partial charge on any atom is 0.136 e. The van der Waals surface area contributed by atoms with Crippen LogP contribution < -0.4 is 4.90 Å². The molecule has 2 aliphatic carbocycles. The second-order valence-electron chi connectivity index (χ2n) is 15.1. The Morgan fingerprint density at radius 3 is 2.30 bits per heavy atom. The van der Waals surface area contributed by atoms with E-state index in [4.69, 9.17) is 4.42 Å². The van der Waals surface area contributed by atoms with Crippen LogP contribution >= 0.6 is 11.3 Å². The van der Waals surface area contributed by atoms with E-state index in [9.17, 15) is 0 Å². The van der Waals surface area contributed by atoms with Gasteiger partial charge in [-0.2, -0.15) is 0 Å². The van der Waals surface area contributed by atoms with Gasteiger partial charge in [0.25, 0.3) is 0 Å². The largest absolute Gasteiger partial charge is 0.456 e. The van der Waals surface area contributed by atoms with Crippen molar-refractivity contribution in [1.29, 1.82) is 0 Å². The van der Waals surface area contributed by atoms with Crippen LogP contribution in [0, 0.1) is 5.92 Å². The number of hydrogen-bond donors (Lipinski definition) is 0. The molecule has 12 rings (SSSR count). The molecule has 4 heteroatoms. The molecule has 0 saturated heterocycles. The minimum Gasteiger partial charge on any atom is -0.456 e. The highest BCUT2D eigenvalue weighted by atomic mass is 32.1. The smallest absolute Gasteiger partial charge is 0.136 e. The van der Waals surface area contributed by atoms with Gasteiger partial charge in [0.1, 0.15) is 11.2 Å². The highest BCUT2D eigenvalue weighted by Crippen LogP contribution is 2.50. The van der Waals surface area contributed by atoms with Crippen LogP contribution in [0.1, 0.15) is 18.4 Å². The third-order valence-corrected chi connectivity index (χ3v) is 13.3. The Morgan fingerprint density at radius 2 is 1.38 bits per heavy atom. The first kappa shape index (κ1) is 31.7. The van der Waals surface area contributed by atoms with Crippen molar-refractivity contribution in [2.75, 3.05) is 4.90 Å². The standard InChI is InChI=1S/C52H36N2OS/c1-2-14-33(15-3-1)53-44-24-7-4-16-38(44)39-31-30-34(32-47(39)53)54(46-26-12-23-42-40-17-6-9-29-50(40)56-52(42)46)45-25-11-20-35-36(19-10-21-37(35)45)41-22-13-28-49-51(41)43-18-5-8-27-48(43)55-49/h1-9,11-20,22-32,37,45H,10,21H2. The zero-order valence-electron chi connectivity index (χ0n) is 30.6. The monoisotopic (exact) mass is 736 g/mol. The molecule has 2 unspecified atom stereocenters. The Labute approximate surface area is 328 Å². The van der Waals surface area contributed by atoms with Crippen LogP contribution in [-0.2, 0) is 0 Å². The summed E-state index contributed by atoms with van der Waals surface area (Å²) in [6.45, 7) is 0. The zero-order valence-corrected chi connectivity index (χ0v) is 31.4. The Bertz CT molecular complexity index is 3280. The van der Waals surface area contributed by atoms with Crippen LogP contribution in [0.3, 0.4) is 0 Å². The predicted molar refractivity (Wildman–Crippen MR) is 238 cm³/mol. The van der Waals surface area contributed by atoms with Crippen molar-refractivity contribution >= 4 is 92.2 Å². The molecule has 10 aromatic rings. The predicted octanol–water partition coefficient (Wildman–Crippen LogP) is 14.5. The van der Waals surface area contributed by atoms with E-state index in [-0.39, 0.29) is 12.0 Å². The molecule has 2 aliphatic rings. The molecule has 0 saturated carbocycles. The van der Waals surface area contributed by atoms with E-state index in [2.05, 4.69) is 191 Å². The number of nitrogens with zero attached hydrogens (tertiary/aromatic N) is 2. The van der Waals surface area contributed by atoms with Crippen LogP contribution in [0.4, 0.5) is 11.4 Å². The fraction of sp³-hybridized carbons (Fsp3) is 0.0769. The number of benzene rings is 7. The summed E-state index contributed by atoms with van der Waals surface area (Å²) >= 11 is 1.91. The van der Waals surface area contributed by atoms with Crippen LogP contribution in [0.5, 0.6) is 0 Å². The van der Waals surface area contributed by atoms with Gasteiger partial charge in [-0.3, -0.25) is 0 Å². The first-order valence-electron chi connectivity index (χ1n) is 19.6. The van der Waals surface area contributed by atoms with E-state index in [1.54, 1.807) is 0 Å². The molecule has 0 N–H and O–H groups in total. The minimum atomic E-state index is 0.0850. The summed E-state index contributed by atoms with van der Waals surface area (Å²) in [5, 5.41) is 7.53. The van der Waals surface area contributed by atoms with Crippen LogP contribution in [0.15, 0.2) is 192 Å². The Hall–Kier alpha value is -6.62. The van der Waals surface area contributed by atoms with E-state index < -0.39 is 0 Å². The van der Waals surface area contributed by atoms with Crippen molar-refractivity contribution in [2.24, 2.45) is 5.92 Å². The SMILES string of the molecule is C1=CC(N(c2ccc3c4ccccc4n(-c4ccccc4)c3c2)c2cccc3c2sc2ccccc23)C2CCC=C(c3cccc4oc5ccccc5c34)C2=C1. The molecule has 0 amide bonds. The topological polar surface area (TPSA) is 21.3 Å². The molecule has 3 heterocycles. The van der Waals surface area contributed by atoms with Crippen LogP contribution in [-0.4, -0.2) is 10.6 Å². The van der Waals surface area contributed by atoms with Crippen molar-refractivity contribution in [1.82, 2.24) is 4.57 Å². The molecule has 0 aliphatic heterocycles. The number of furan rings is 1. The summed E-state index contributed by atoms with van der Waals surface area (Å²) in [5.41, 5.74) is 11.9. The number of rotatable bonds is 5. The number of para-hydroxylation sites is 3. The number of hydrogen-bond acceptors (Lipinski definition) is 3. The molecule has 0 radical (unpaired) electrons. The van der Waals surface area contributed by atoms with Gasteiger partial charge in [-0.25, -0.2) is 0 Å². The van der Waals surface area contributed by atoms with Crippen LogP contribution in [0.2, 0.25) is 0 Å². The average Bonchev–Trinajstić information content (AvgIpc) is 3.94. The van der Waals surface area contributed by atoms with Gasteiger partial charge < -0.3 is 13.9 Å². The van der Waals surface area contributed by atoms with Gasteiger partial charge in [-0.15, -0.1) is 11.3 Å². The number of aromatic nitrogens is 1. The van der Waals surface area contributed by atoms with Crippen molar-refractivity contribution in [3.8, 4) is 5.69 Å². The molecule has 3 aromatic heterocycles. The van der Waals surface area contributed by atoms with Gasteiger partial charge in [0.2, 0.25) is 0 Å². The number of anilines is 2. The van der Waals surface area contributed by atoms with Crippen molar-refractivity contribution in [3.05, 3.63) is 193 Å². The number of allylic oxidation sites excluding steroid dienone is 4. The maximum absolute atomic E-state index is 6.39. The number of thiophene rings is 1. The third kappa shape index (κ3) is 4.69. The molecular formula is C52H36N2OS. The lowest BCUT2D eigenvalue weighted by Gasteiger charge is -2.42. The first-order valence-corrected chi connectivity index (χ1v) is 20.4. The lowest BCUT2D eigenvalue weighted by Crippen LogP contribution is -2.39. The van der Waals surface area contributed by atoms with E-state index in [0.29, 0.717) is 0 Å².